The minimum absolute atomic E-state index is 0. The number of nitrogens with zero attached hydrogens (tertiary/aromatic N) is 2. The van der Waals surface area contributed by atoms with Gasteiger partial charge in [-0.1, -0.05) is 0 Å². The molecular weight excluding hydrogens is 166 g/mol. The van der Waals surface area contributed by atoms with Gasteiger partial charge in [0.05, 0.1) is 6.20 Å². The Balaban J connectivity index is 0. The maximum atomic E-state index is 11.7. The van der Waals surface area contributed by atoms with Crippen LogP contribution in [0.3, 0.4) is 0 Å². The summed E-state index contributed by atoms with van der Waals surface area (Å²) in [6, 6.07) is 1.50. The van der Waals surface area contributed by atoms with Gasteiger partial charge in [-0.25, -0.2) is 4.98 Å². The number of hydrogen-bond acceptors (Lipinski definition) is 2. The third kappa shape index (κ3) is 2.30. The number of imidazole rings is 1. The zero-order chi connectivity index (χ0) is 8.48. The molecule has 0 aliphatic carbocycles. The molecule has 12 heavy (non-hydrogen) atoms. The number of hydrogen-bond donors (Lipinski definition) is 1. The molecule has 0 unspecified atom stereocenters. The zero-order valence-electron chi connectivity index (χ0n) is 7.11. The van der Waals surface area contributed by atoms with Gasteiger partial charge in [0.1, 0.15) is 11.8 Å². The molecular formula is C5H3F3LiN3. The summed E-state index contributed by atoms with van der Waals surface area (Å²) in [5, 5.41) is 8.13. The number of rotatable bonds is 0. The van der Waals surface area contributed by atoms with Crippen LogP contribution in [0.5, 0.6) is 0 Å². The van der Waals surface area contributed by atoms with Crippen LogP contribution in [0.4, 0.5) is 13.2 Å². The van der Waals surface area contributed by atoms with Gasteiger partial charge in [0, 0.05) is 0 Å². The Morgan fingerprint density at radius 3 is 2.42 bits per heavy atom. The number of alkyl halides is 3. The molecule has 0 atom stereocenters. The van der Waals surface area contributed by atoms with E-state index in [-0.39, 0.29) is 26.0 Å². The minimum Gasteiger partial charge on any atom is -1.00 e. The van der Waals surface area contributed by atoms with E-state index >= 15 is 0 Å². The molecule has 1 aromatic heterocycles. The first kappa shape index (κ1) is 11.1. The van der Waals surface area contributed by atoms with E-state index in [9.17, 15) is 13.2 Å². The molecule has 1 N–H and O–H groups in total. The normalized spacial score (nSPS) is 10.2. The third-order valence-electron chi connectivity index (χ3n) is 0.965. The predicted molar refractivity (Wildman–Crippen MR) is 29.4 cm³/mol. The summed E-state index contributed by atoms with van der Waals surface area (Å²) < 4.78 is 35.2. The quantitative estimate of drug-likeness (QED) is 0.476. The summed E-state index contributed by atoms with van der Waals surface area (Å²) >= 11 is 0. The van der Waals surface area contributed by atoms with Crippen molar-refractivity contribution in [3.63, 3.8) is 0 Å². The molecule has 1 heterocycles. The summed E-state index contributed by atoms with van der Waals surface area (Å²) in [4.78, 5) is 4.76. The van der Waals surface area contributed by atoms with E-state index in [1.54, 1.807) is 4.98 Å². The Hall–Kier alpha value is -0.913. The third-order valence-corrected chi connectivity index (χ3v) is 0.965. The average molecular weight is 169 g/mol. The van der Waals surface area contributed by atoms with Crippen LogP contribution < -0.4 is 18.9 Å². The Bertz CT molecular complexity index is 303. The number of H-pyrrole nitrogens is 1. The van der Waals surface area contributed by atoms with Crippen LogP contribution in [0.2, 0.25) is 0 Å². The van der Waals surface area contributed by atoms with Crippen LogP contribution in [-0.4, -0.2) is 9.97 Å². The zero-order valence-corrected chi connectivity index (χ0v) is 6.11. The van der Waals surface area contributed by atoms with Crippen molar-refractivity contribution < 1.29 is 33.5 Å². The number of halogens is 3. The van der Waals surface area contributed by atoms with Gasteiger partial charge >= 0.3 is 25.0 Å². The Morgan fingerprint density at radius 1 is 1.58 bits per heavy atom. The van der Waals surface area contributed by atoms with Crippen molar-refractivity contribution in [2.75, 3.05) is 0 Å². The van der Waals surface area contributed by atoms with Crippen LogP contribution >= 0.6 is 0 Å². The van der Waals surface area contributed by atoms with Crippen LogP contribution in [0, 0.1) is 11.3 Å². The van der Waals surface area contributed by atoms with Gasteiger partial charge in [0.2, 0.25) is 5.82 Å². The Kier molecular flexibility index (Phi) is 3.38. The van der Waals surface area contributed by atoms with E-state index in [2.05, 4.69) is 4.98 Å². The van der Waals surface area contributed by atoms with E-state index in [1.165, 1.54) is 6.07 Å². The summed E-state index contributed by atoms with van der Waals surface area (Å²) in [7, 11) is 0. The Morgan fingerprint density at radius 2 is 2.17 bits per heavy atom. The second-order valence-electron chi connectivity index (χ2n) is 1.76. The molecule has 0 bridgehead atoms. The van der Waals surface area contributed by atoms with Gasteiger partial charge < -0.3 is 6.41 Å². The summed E-state index contributed by atoms with van der Waals surface area (Å²) in [6.45, 7) is 0. The number of nitriles is 1. The second kappa shape index (κ2) is 3.66. The van der Waals surface area contributed by atoms with Crippen LogP contribution in [0.15, 0.2) is 6.20 Å². The van der Waals surface area contributed by atoms with Gasteiger partial charge in [-0.05, 0) is 0 Å². The first-order valence-corrected chi connectivity index (χ1v) is 2.56. The Labute approximate surface area is 79.3 Å². The average Bonchev–Trinajstić information content (AvgIpc) is 2.32. The van der Waals surface area contributed by atoms with Crippen molar-refractivity contribution in [3.8, 4) is 6.07 Å². The van der Waals surface area contributed by atoms with Gasteiger partial charge in [0.25, 0.3) is 0 Å². The smallest absolute Gasteiger partial charge is 1.00 e. The molecule has 0 saturated heterocycles. The molecule has 0 aliphatic rings. The van der Waals surface area contributed by atoms with Crippen molar-refractivity contribution in [2.45, 2.75) is 6.18 Å². The molecule has 0 aliphatic heterocycles. The van der Waals surface area contributed by atoms with Crippen LogP contribution in [-0.2, 0) is 6.18 Å². The van der Waals surface area contributed by atoms with E-state index in [0.29, 0.717) is 0 Å². The van der Waals surface area contributed by atoms with Crippen molar-refractivity contribution in [1.29, 1.82) is 5.26 Å². The molecule has 0 spiro atoms. The number of aromatic nitrogens is 2. The molecule has 0 fully saturated rings. The van der Waals surface area contributed by atoms with Crippen molar-refractivity contribution in [2.24, 2.45) is 0 Å². The largest absolute Gasteiger partial charge is 1.00 e. The first-order valence-electron chi connectivity index (χ1n) is 2.56. The minimum atomic E-state index is -4.50. The van der Waals surface area contributed by atoms with Crippen LogP contribution in [0.25, 0.3) is 0 Å². The monoisotopic (exact) mass is 169 g/mol. The maximum absolute atomic E-state index is 11.7. The maximum Gasteiger partial charge on any atom is 1.00 e. The fraction of sp³-hybridized carbons (Fsp3) is 0.200. The summed E-state index contributed by atoms with van der Waals surface area (Å²) in [5.41, 5.74) is -0.197. The molecule has 0 radical (unpaired) electrons. The first-order chi connectivity index (χ1) is 5.04. The molecule has 7 heteroatoms. The molecule has 60 valence electrons. The van der Waals surface area contributed by atoms with Crippen molar-refractivity contribution in [1.82, 2.24) is 9.97 Å². The number of nitrogens with one attached hydrogen (secondary N) is 1. The fourth-order valence-electron chi connectivity index (χ4n) is 0.522. The van der Waals surface area contributed by atoms with Crippen molar-refractivity contribution >= 4 is 0 Å². The van der Waals surface area contributed by atoms with E-state index < -0.39 is 12.0 Å². The molecule has 1 aromatic rings. The van der Waals surface area contributed by atoms with Crippen LogP contribution in [0.1, 0.15) is 12.9 Å². The molecule has 0 saturated carbocycles. The van der Waals surface area contributed by atoms with Crippen molar-refractivity contribution in [3.05, 3.63) is 17.7 Å². The predicted octanol–water partition coefficient (Wildman–Crippen LogP) is -1.58. The standard InChI is InChI=1S/C5H2F3N3.Li.H/c6-5(7,8)4-10-2-3(1-9)11-4;;/h2H,(H,10,11);;/q;+1;-1. The van der Waals surface area contributed by atoms with E-state index in [4.69, 9.17) is 5.26 Å². The molecule has 1 rings (SSSR count). The van der Waals surface area contributed by atoms with Gasteiger partial charge in [-0.15, -0.1) is 0 Å². The summed E-state index contributed by atoms with van der Waals surface area (Å²) in [5.74, 6) is -1.14. The molecule has 0 amide bonds. The second-order valence-corrected chi connectivity index (χ2v) is 1.76. The van der Waals surface area contributed by atoms with E-state index in [0.717, 1.165) is 6.20 Å². The fourth-order valence-corrected chi connectivity index (χ4v) is 0.522. The van der Waals surface area contributed by atoms with Gasteiger partial charge in [-0.2, -0.15) is 18.4 Å². The van der Waals surface area contributed by atoms with Gasteiger partial charge in [0.15, 0.2) is 0 Å². The number of aromatic amines is 1. The SMILES string of the molecule is N#Cc1cnc(C(F)(F)F)[nH]1.[H-].[Li+]. The van der Waals surface area contributed by atoms with E-state index in [1.807, 2.05) is 0 Å². The summed E-state index contributed by atoms with van der Waals surface area (Å²) in [6.07, 6.45) is -3.67. The molecule has 0 aromatic carbocycles. The molecule has 3 nitrogen and oxygen atoms in total. The topological polar surface area (TPSA) is 52.5 Å². The van der Waals surface area contributed by atoms with Gasteiger partial charge in [-0.3, -0.25) is 0 Å².